The van der Waals surface area contributed by atoms with Crippen molar-refractivity contribution in [2.75, 3.05) is 23.5 Å². The highest BCUT2D eigenvalue weighted by Gasteiger charge is 2.39. The average Bonchev–Trinajstić information content (AvgIpc) is 3.24. The standard InChI is InChI=1S/C25H27N3O4/c1-5-27(23-15-17(3)32-26-23)25(30)21-14-16(2)28(22-9-7-6-8-20(21)22)24(29)18-10-12-19(31-4)13-11-18/h6-13,15-16,21H,5,14H2,1-4H3/t16-,21-/m1/s1. The molecule has 0 spiro atoms. The van der Waals surface area contributed by atoms with Gasteiger partial charge in [-0.05, 0) is 63.1 Å². The van der Waals surface area contributed by atoms with Crippen LogP contribution in [0, 0.1) is 6.92 Å². The number of carbonyl (C=O) groups is 2. The Morgan fingerprint density at radius 2 is 1.91 bits per heavy atom. The van der Waals surface area contributed by atoms with Gasteiger partial charge in [-0.3, -0.25) is 14.5 Å². The van der Waals surface area contributed by atoms with Gasteiger partial charge in [-0.15, -0.1) is 0 Å². The van der Waals surface area contributed by atoms with Crippen LogP contribution in [-0.2, 0) is 4.79 Å². The van der Waals surface area contributed by atoms with Crippen molar-refractivity contribution in [3.8, 4) is 5.75 Å². The van der Waals surface area contributed by atoms with E-state index in [1.54, 1.807) is 54.2 Å². The van der Waals surface area contributed by atoms with Gasteiger partial charge in [-0.25, -0.2) is 0 Å². The average molecular weight is 434 g/mol. The molecule has 1 aliphatic heterocycles. The van der Waals surface area contributed by atoms with E-state index in [0.717, 1.165) is 11.3 Å². The smallest absolute Gasteiger partial charge is 0.258 e. The van der Waals surface area contributed by atoms with Crippen molar-refractivity contribution < 1.29 is 18.8 Å². The number of anilines is 2. The van der Waals surface area contributed by atoms with Crippen molar-refractivity contribution in [2.24, 2.45) is 0 Å². The van der Waals surface area contributed by atoms with Gasteiger partial charge in [-0.1, -0.05) is 23.4 Å². The second-order valence-corrected chi connectivity index (χ2v) is 7.98. The molecule has 0 bridgehead atoms. The number of hydrogen-bond acceptors (Lipinski definition) is 5. The first kappa shape index (κ1) is 21.6. The maximum Gasteiger partial charge on any atom is 0.258 e. The van der Waals surface area contributed by atoms with E-state index in [-0.39, 0.29) is 23.8 Å². The number of rotatable bonds is 5. The van der Waals surface area contributed by atoms with Crippen molar-refractivity contribution in [1.82, 2.24) is 5.16 Å². The predicted molar refractivity (Wildman–Crippen MR) is 122 cm³/mol. The van der Waals surface area contributed by atoms with E-state index < -0.39 is 0 Å². The summed E-state index contributed by atoms with van der Waals surface area (Å²) in [5.74, 6) is 1.34. The van der Waals surface area contributed by atoms with E-state index in [9.17, 15) is 9.59 Å². The molecule has 1 aromatic heterocycles. The third-order valence-corrected chi connectivity index (χ3v) is 5.92. The van der Waals surface area contributed by atoms with Gasteiger partial charge in [0, 0.05) is 29.9 Å². The Morgan fingerprint density at radius 1 is 1.19 bits per heavy atom. The number of ether oxygens (including phenoxy) is 1. The molecule has 0 fully saturated rings. The molecule has 166 valence electrons. The van der Waals surface area contributed by atoms with E-state index >= 15 is 0 Å². The van der Waals surface area contributed by atoms with Gasteiger partial charge in [-0.2, -0.15) is 0 Å². The number of aryl methyl sites for hydroxylation is 1. The monoisotopic (exact) mass is 433 g/mol. The minimum Gasteiger partial charge on any atom is -0.497 e. The number of carbonyl (C=O) groups excluding carboxylic acids is 2. The first-order valence-electron chi connectivity index (χ1n) is 10.8. The minimum atomic E-state index is -0.377. The zero-order valence-electron chi connectivity index (χ0n) is 18.7. The van der Waals surface area contributed by atoms with Crippen LogP contribution in [0.1, 0.15) is 47.9 Å². The van der Waals surface area contributed by atoms with Crippen LogP contribution in [0.5, 0.6) is 5.75 Å². The topological polar surface area (TPSA) is 75.9 Å². The zero-order valence-corrected chi connectivity index (χ0v) is 18.7. The number of benzene rings is 2. The van der Waals surface area contributed by atoms with E-state index in [0.29, 0.717) is 35.9 Å². The van der Waals surface area contributed by atoms with E-state index in [1.807, 2.05) is 38.1 Å². The lowest BCUT2D eigenvalue weighted by molar-refractivity contribution is -0.120. The summed E-state index contributed by atoms with van der Waals surface area (Å²) in [6, 6.07) is 16.3. The Bertz CT molecular complexity index is 1120. The summed E-state index contributed by atoms with van der Waals surface area (Å²) in [5, 5.41) is 4.03. The SMILES string of the molecule is CCN(C(=O)[C@@H]1C[C@@H](C)N(C(=O)c2ccc(OC)cc2)c2ccccc21)c1cc(C)on1. The summed E-state index contributed by atoms with van der Waals surface area (Å²) in [6.07, 6.45) is 0.519. The van der Waals surface area contributed by atoms with Crippen LogP contribution in [0.15, 0.2) is 59.1 Å². The fourth-order valence-corrected chi connectivity index (χ4v) is 4.33. The molecule has 0 saturated heterocycles. The number of methoxy groups -OCH3 is 1. The number of para-hydroxylation sites is 1. The summed E-state index contributed by atoms with van der Waals surface area (Å²) in [7, 11) is 1.59. The molecule has 2 atom stereocenters. The molecule has 0 saturated carbocycles. The van der Waals surface area contributed by atoms with E-state index in [4.69, 9.17) is 9.26 Å². The molecule has 4 rings (SSSR count). The molecule has 0 unspecified atom stereocenters. The molecule has 0 aliphatic carbocycles. The van der Waals surface area contributed by atoms with Crippen LogP contribution in [0.2, 0.25) is 0 Å². The largest absolute Gasteiger partial charge is 0.497 e. The van der Waals surface area contributed by atoms with Crippen molar-refractivity contribution in [2.45, 2.75) is 39.2 Å². The number of likely N-dealkylation sites (N-methyl/N-ethyl adjacent to an activating group) is 1. The van der Waals surface area contributed by atoms with Gasteiger partial charge in [0.15, 0.2) is 5.82 Å². The van der Waals surface area contributed by atoms with Crippen molar-refractivity contribution >= 4 is 23.3 Å². The van der Waals surface area contributed by atoms with Gasteiger partial charge >= 0.3 is 0 Å². The molecule has 0 N–H and O–H groups in total. The summed E-state index contributed by atoms with van der Waals surface area (Å²) < 4.78 is 10.4. The molecule has 7 heteroatoms. The fourth-order valence-electron chi connectivity index (χ4n) is 4.33. The van der Waals surface area contributed by atoms with Gasteiger partial charge in [0.25, 0.3) is 5.91 Å². The summed E-state index contributed by atoms with van der Waals surface area (Å²) >= 11 is 0. The molecule has 7 nitrogen and oxygen atoms in total. The highest BCUT2D eigenvalue weighted by Crippen LogP contribution is 2.40. The second-order valence-electron chi connectivity index (χ2n) is 7.98. The Labute approximate surface area is 187 Å². The molecule has 2 heterocycles. The quantitative estimate of drug-likeness (QED) is 0.589. The fraction of sp³-hybridized carbons (Fsp3) is 0.320. The molecule has 1 aliphatic rings. The number of fused-ring (bicyclic) bond motifs is 1. The van der Waals surface area contributed by atoms with Crippen LogP contribution in [-0.4, -0.2) is 36.7 Å². The normalized spacial score (nSPS) is 17.6. The summed E-state index contributed by atoms with van der Waals surface area (Å²) in [6.45, 7) is 6.18. The van der Waals surface area contributed by atoms with Crippen LogP contribution < -0.4 is 14.5 Å². The van der Waals surface area contributed by atoms with Crippen LogP contribution in [0.4, 0.5) is 11.5 Å². The van der Waals surface area contributed by atoms with Gasteiger partial charge < -0.3 is 14.2 Å². The van der Waals surface area contributed by atoms with Gasteiger partial charge in [0.2, 0.25) is 5.91 Å². The molecule has 32 heavy (non-hydrogen) atoms. The zero-order chi connectivity index (χ0) is 22.8. The molecule has 0 radical (unpaired) electrons. The second kappa shape index (κ2) is 8.86. The molecular formula is C25H27N3O4. The van der Waals surface area contributed by atoms with E-state index in [1.165, 1.54) is 0 Å². The minimum absolute atomic E-state index is 0.0448. The Kier molecular flexibility index (Phi) is 5.99. The molecule has 3 aromatic rings. The highest BCUT2D eigenvalue weighted by molar-refractivity contribution is 6.09. The molecule has 2 aromatic carbocycles. The Morgan fingerprint density at radius 3 is 2.53 bits per heavy atom. The van der Waals surface area contributed by atoms with Gasteiger partial charge in [0.1, 0.15) is 11.5 Å². The third-order valence-electron chi connectivity index (χ3n) is 5.92. The highest BCUT2D eigenvalue weighted by atomic mass is 16.5. The van der Waals surface area contributed by atoms with Gasteiger partial charge in [0.05, 0.1) is 13.0 Å². The lowest BCUT2D eigenvalue weighted by atomic mass is 9.84. The Hall–Kier alpha value is -3.61. The van der Waals surface area contributed by atoms with Crippen LogP contribution in [0.3, 0.4) is 0 Å². The Balaban J connectivity index is 1.68. The van der Waals surface area contributed by atoms with Crippen molar-refractivity contribution in [3.63, 3.8) is 0 Å². The lowest BCUT2D eigenvalue weighted by Crippen LogP contribution is -2.46. The van der Waals surface area contributed by atoms with Crippen LogP contribution in [0.25, 0.3) is 0 Å². The van der Waals surface area contributed by atoms with Crippen molar-refractivity contribution in [3.05, 3.63) is 71.5 Å². The summed E-state index contributed by atoms with van der Waals surface area (Å²) in [4.78, 5) is 30.5. The third kappa shape index (κ3) is 3.86. The molecule has 2 amide bonds. The van der Waals surface area contributed by atoms with E-state index in [2.05, 4.69) is 5.16 Å². The molecular weight excluding hydrogens is 406 g/mol. The first-order valence-corrected chi connectivity index (χ1v) is 10.8. The van der Waals surface area contributed by atoms with Crippen LogP contribution >= 0.6 is 0 Å². The number of nitrogens with zero attached hydrogens (tertiary/aromatic N) is 3. The maximum absolute atomic E-state index is 13.6. The number of aromatic nitrogens is 1. The van der Waals surface area contributed by atoms with Crippen molar-refractivity contribution in [1.29, 1.82) is 0 Å². The first-order chi connectivity index (χ1) is 15.4. The number of amides is 2. The summed E-state index contributed by atoms with van der Waals surface area (Å²) in [5.41, 5.74) is 2.18. The lowest BCUT2D eigenvalue weighted by Gasteiger charge is -2.40. The predicted octanol–water partition coefficient (Wildman–Crippen LogP) is 4.57. The number of hydrogen-bond donors (Lipinski definition) is 0. The maximum atomic E-state index is 13.6.